The van der Waals surface area contributed by atoms with Gasteiger partial charge in [0.05, 0.1) is 13.5 Å². The molecule has 2 aliphatic heterocycles. The zero-order valence-corrected chi connectivity index (χ0v) is 35.6. The van der Waals surface area contributed by atoms with Gasteiger partial charge in [-0.1, -0.05) is 129 Å². The second-order valence-corrected chi connectivity index (χ2v) is 14.9. The van der Waals surface area contributed by atoms with Gasteiger partial charge in [0, 0.05) is 85.5 Å². The summed E-state index contributed by atoms with van der Waals surface area (Å²) in [5, 5.41) is 10.1. The highest BCUT2D eigenvalue weighted by molar-refractivity contribution is 5.76. The van der Waals surface area contributed by atoms with Gasteiger partial charge < -0.3 is 40.5 Å². The van der Waals surface area contributed by atoms with E-state index < -0.39 is 0 Å². The molecule has 0 aliphatic carbocycles. The lowest BCUT2D eigenvalue weighted by Crippen LogP contribution is -2.45. The molecule has 0 unspecified atom stereocenters. The molecule has 52 heavy (non-hydrogen) atoms. The molecular weight excluding hydrogens is 652 g/mol. The van der Waals surface area contributed by atoms with Gasteiger partial charge in [-0.15, -0.1) is 0 Å². The minimum absolute atomic E-state index is 0.112. The normalized spacial score (nSPS) is 15.4. The second-order valence-electron chi connectivity index (χ2n) is 14.9. The first-order valence-corrected chi connectivity index (χ1v) is 21.7. The summed E-state index contributed by atoms with van der Waals surface area (Å²) in [6.45, 7) is 16.8. The molecule has 4 N–H and O–H groups in total. The van der Waals surface area contributed by atoms with E-state index >= 15 is 0 Å². The van der Waals surface area contributed by atoms with Gasteiger partial charge in [0.15, 0.2) is 0 Å². The highest BCUT2D eigenvalue weighted by atomic mass is 16.5. The number of carbonyl (C=O) groups excluding carboxylic acids is 2. The number of nitrogens with one attached hydrogen (secondary N) is 1. The molecule has 2 rings (SSSR count). The lowest BCUT2D eigenvalue weighted by molar-refractivity contribution is -0.141. The smallest absolute Gasteiger partial charge is 0.306 e. The molecule has 0 spiro atoms. The average Bonchev–Trinajstić information content (AvgIpc) is 3.17. The van der Waals surface area contributed by atoms with Crippen LogP contribution in [-0.2, 0) is 14.3 Å². The van der Waals surface area contributed by atoms with Gasteiger partial charge in [0.25, 0.3) is 0 Å². The first-order chi connectivity index (χ1) is 25.4. The number of likely N-dealkylation sites (N-methyl/N-ethyl adjacent to an activating group) is 2. The Kier molecular flexibility index (Phi) is 43.1. The quantitative estimate of drug-likeness (QED) is 0.0609. The van der Waals surface area contributed by atoms with Gasteiger partial charge in [-0.3, -0.25) is 9.59 Å². The number of hydrogen-bond acceptors (Lipinski definition) is 9. The molecule has 0 saturated carbocycles. The SMILES string of the molecule is CCCCCCCCCCCCN.CCCCCCCCCCCCNC(=O)CCN1CCN(C)CC1.CO.COC(=O)CCN1CCN(C)CC1. The third-order valence-electron chi connectivity index (χ3n) is 10.1. The zero-order chi connectivity index (χ0) is 38.9. The lowest BCUT2D eigenvalue weighted by Gasteiger charge is -2.32. The van der Waals surface area contributed by atoms with Gasteiger partial charge >= 0.3 is 5.97 Å². The number of nitrogens with zero attached hydrogens (tertiary/aromatic N) is 4. The van der Waals surface area contributed by atoms with Crippen LogP contribution in [0.4, 0.5) is 0 Å². The van der Waals surface area contributed by atoms with E-state index in [1.54, 1.807) is 0 Å². The largest absolute Gasteiger partial charge is 0.469 e. The van der Waals surface area contributed by atoms with Crippen LogP contribution in [0.25, 0.3) is 0 Å². The maximum absolute atomic E-state index is 11.9. The fourth-order valence-electron chi connectivity index (χ4n) is 6.31. The Morgan fingerprint density at radius 1 is 0.558 bits per heavy atom. The van der Waals surface area contributed by atoms with Crippen LogP contribution in [0.2, 0.25) is 0 Å². The maximum atomic E-state index is 11.9. The van der Waals surface area contributed by atoms with Crippen molar-refractivity contribution < 1.29 is 19.4 Å². The van der Waals surface area contributed by atoms with Crippen molar-refractivity contribution in [3.8, 4) is 0 Å². The maximum Gasteiger partial charge on any atom is 0.306 e. The standard InChI is InChI=1S/C20H41N3O.C12H27N.C9H18N2O2.CH4O/c1-3-4-5-6-7-8-9-10-11-12-14-21-20(24)13-15-23-18-16-22(2)17-19-23;1-2-3-4-5-6-7-8-9-10-11-12-13;1-10-5-7-11(8-6-10)4-3-9(12)13-2;1-2/h3-19H2,1-2H3,(H,21,24);2-13H2,1H3;3-8H2,1-2H3;2H,1H3. The number of aliphatic hydroxyl groups is 1. The summed E-state index contributed by atoms with van der Waals surface area (Å²) in [6, 6.07) is 0. The molecule has 0 aromatic carbocycles. The number of amides is 1. The van der Waals surface area contributed by atoms with Crippen molar-refractivity contribution in [3.63, 3.8) is 0 Å². The molecule has 2 fully saturated rings. The molecule has 10 nitrogen and oxygen atoms in total. The average molecular weight is 743 g/mol. The molecule has 2 aliphatic rings. The van der Waals surface area contributed by atoms with Gasteiger partial charge in [0.2, 0.25) is 5.91 Å². The predicted molar refractivity (Wildman–Crippen MR) is 223 cm³/mol. The molecule has 0 bridgehead atoms. The van der Waals surface area contributed by atoms with Gasteiger partial charge in [0.1, 0.15) is 0 Å². The Balaban J connectivity index is 0. The molecule has 10 heteroatoms. The Bertz CT molecular complexity index is 721. The van der Waals surface area contributed by atoms with Crippen molar-refractivity contribution in [2.24, 2.45) is 5.73 Å². The molecular formula is C42H90N6O4. The summed E-state index contributed by atoms with van der Waals surface area (Å²) in [5.74, 6) is 0.115. The fourth-order valence-corrected chi connectivity index (χ4v) is 6.31. The number of methoxy groups -OCH3 is 1. The molecule has 1 amide bonds. The molecule has 2 saturated heterocycles. The summed E-state index contributed by atoms with van der Waals surface area (Å²) in [6.07, 6.45) is 28.5. The van der Waals surface area contributed by atoms with Crippen molar-refractivity contribution in [2.45, 2.75) is 155 Å². The van der Waals surface area contributed by atoms with E-state index in [2.05, 4.69) is 57.6 Å². The summed E-state index contributed by atoms with van der Waals surface area (Å²) in [5.41, 5.74) is 5.42. The number of piperazine rings is 2. The van der Waals surface area contributed by atoms with Crippen molar-refractivity contribution in [3.05, 3.63) is 0 Å². The molecule has 0 radical (unpaired) electrons. The molecule has 0 aromatic rings. The zero-order valence-electron chi connectivity index (χ0n) is 35.6. The van der Waals surface area contributed by atoms with Gasteiger partial charge in [-0.2, -0.15) is 0 Å². The minimum atomic E-state index is -0.112. The van der Waals surface area contributed by atoms with Crippen LogP contribution in [0.3, 0.4) is 0 Å². The van der Waals surface area contributed by atoms with Crippen LogP contribution < -0.4 is 11.1 Å². The number of hydrogen-bond donors (Lipinski definition) is 3. The number of unbranched alkanes of at least 4 members (excludes halogenated alkanes) is 18. The summed E-state index contributed by atoms with van der Waals surface area (Å²) >= 11 is 0. The van der Waals surface area contributed by atoms with Crippen LogP contribution >= 0.6 is 0 Å². The molecule has 312 valence electrons. The van der Waals surface area contributed by atoms with E-state index in [0.717, 1.165) is 92.1 Å². The highest BCUT2D eigenvalue weighted by Crippen LogP contribution is 2.11. The Morgan fingerprint density at radius 3 is 1.27 bits per heavy atom. The Morgan fingerprint density at radius 2 is 0.904 bits per heavy atom. The van der Waals surface area contributed by atoms with E-state index in [9.17, 15) is 9.59 Å². The minimum Gasteiger partial charge on any atom is -0.469 e. The predicted octanol–water partition coefficient (Wildman–Crippen LogP) is 6.93. The Hall–Kier alpha value is -1.30. The van der Waals surface area contributed by atoms with Gasteiger partial charge in [-0.25, -0.2) is 0 Å². The number of nitrogens with two attached hydrogens (primary N) is 1. The second kappa shape index (κ2) is 42.4. The van der Waals surface area contributed by atoms with Crippen molar-refractivity contribution in [1.29, 1.82) is 0 Å². The summed E-state index contributed by atoms with van der Waals surface area (Å²) < 4.78 is 4.59. The summed E-state index contributed by atoms with van der Waals surface area (Å²) in [7, 11) is 6.72. The van der Waals surface area contributed by atoms with Crippen LogP contribution in [-0.4, -0.2) is 143 Å². The number of aliphatic hydroxyl groups excluding tert-OH is 1. The third kappa shape index (κ3) is 38.4. The van der Waals surface area contributed by atoms with Gasteiger partial charge in [-0.05, 0) is 33.5 Å². The van der Waals surface area contributed by atoms with Crippen molar-refractivity contribution in [2.75, 3.05) is 107 Å². The number of esters is 1. The molecule has 0 atom stereocenters. The molecule has 2 heterocycles. The fraction of sp³-hybridized carbons (Fsp3) is 0.952. The first-order valence-electron chi connectivity index (χ1n) is 21.7. The highest BCUT2D eigenvalue weighted by Gasteiger charge is 2.15. The van der Waals surface area contributed by atoms with Crippen LogP contribution in [0, 0.1) is 0 Å². The van der Waals surface area contributed by atoms with Crippen molar-refractivity contribution in [1.82, 2.24) is 24.9 Å². The van der Waals surface area contributed by atoms with Crippen LogP contribution in [0.1, 0.15) is 155 Å². The Labute approximate surface area is 323 Å². The number of ether oxygens (including phenoxy) is 1. The monoisotopic (exact) mass is 743 g/mol. The van der Waals surface area contributed by atoms with Crippen LogP contribution in [0.5, 0.6) is 0 Å². The van der Waals surface area contributed by atoms with E-state index in [1.165, 1.54) is 129 Å². The van der Waals surface area contributed by atoms with E-state index in [-0.39, 0.29) is 11.9 Å². The number of carbonyl (C=O) groups is 2. The van der Waals surface area contributed by atoms with E-state index in [1.807, 2.05) is 0 Å². The first kappa shape index (κ1) is 52.8. The third-order valence-corrected chi connectivity index (χ3v) is 10.1. The number of rotatable bonds is 27. The van der Waals surface area contributed by atoms with E-state index in [4.69, 9.17) is 10.8 Å². The van der Waals surface area contributed by atoms with Crippen LogP contribution in [0.15, 0.2) is 0 Å². The molecule has 0 aromatic heterocycles. The lowest BCUT2D eigenvalue weighted by atomic mass is 10.1. The topological polar surface area (TPSA) is 115 Å². The summed E-state index contributed by atoms with van der Waals surface area (Å²) in [4.78, 5) is 32.1. The van der Waals surface area contributed by atoms with E-state index in [0.29, 0.717) is 12.8 Å². The van der Waals surface area contributed by atoms with Crippen molar-refractivity contribution >= 4 is 11.9 Å².